The Kier molecular flexibility index (Phi) is 5.89. The normalized spacial score (nSPS) is 12.3. The lowest BCUT2D eigenvalue weighted by Crippen LogP contribution is -2.28. The summed E-state index contributed by atoms with van der Waals surface area (Å²) in [6.07, 6.45) is 1.15. The molecule has 0 aliphatic carbocycles. The third-order valence-corrected chi connectivity index (χ3v) is 2.61. The van der Waals surface area contributed by atoms with Crippen LogP contribution >= 0.6 is 0 Å². The third-order valence-electron chi connectivity index (χ3n) is 2.61. The highest BCUT2D eigenvalue weighted by Gasteiger charge is 2.14. The number of rotatable bonds is 7. The van der Waals surface area contributed by atoms with Crippen molar-refractivity contribution in [1.82, 2.24) is 10.2 Å². The zero-order valence-electron chi connectivity index (χ0n) is 12.5. The van der Waals surface area contributed by atoms with E-state index in [2.05, 4.69) is 57.1 Å². The first-order valence-electron chi connectivity index (χ1n) is 6.87. The Labute approximate surface area is 112 Å². The molecule has 1 aromatic heterocycles. The molecule has 1 rings (SSSR count). The molecular formula is C15H28N2O. The SMILES string of the molecule is CCCNCc1ccc(CN(C)CC(C)(C)C)o1. The summed E-state index contributed by atoms with van der Waals surface area (Å²) in [5.41, 5.74) is 0.326. The molecule has 0 radical (unpaired) electrons. The molecule has 0 spiro atoms. The Balaban J connectivity index is 2.38. The van der Waals surface area contributed by atoms with Crippen LogP contribution in [0, 0.1) is 5.41 Å². The van der Waals surface area contributed by atoms with E-state index in [4.69, 9.17) is 4.42 Å². The average Bonchev–Trinajstić information content (AvgIpc) is 2.63. The minimum atomic E-state index is 0.326. The molecule has 0 amide bonds. The number of hydrogen-bond donors (Lipinski definition) is 1. The molecule has 0 unspecified atom stereocenters. The lowest BCUT2D eigenvalue weighted by molar-refractivity contribution is 0.206. The minimum absolute atomic E-state index is 0.326. The molecule has 0 fully saturated rings. The first-order valence-corrected chi connectivity index (χ1v) is 6.87. The number of furan rings is 1. The van der Waals surface area contributed by atoms with Crippen molar-refractivity contribution < 1.29 is 4.42 Å². The second kappa shape index (κ2) is 6.95. The smallest absolute Gasteiger partial charge is 0.118 e. The molecule has 0 atom stereocenters. The standard InChI is InChI=1S/C15H28N2O/c1-6-9-16-10-13-7-8-14(18-13)11-17(5)12-15(2,3)4/h7-8,16H,6,9-12H2,1-5H3. The molecule has 104 valence electrons. The fraction of sp³-hybridized carbons (Fsp3) is 0.733. The summed E-state index contributed by atoms with van der Waals surface area (Å²) >= 11 is 0. The van der Waals surface area contributed by atoms with Crippen molar-refractivity contribution in [3.8, 4) is 0 Å². The van der Waals surface area contributed by atoms with E-state index in [1.165, 1.54) is 0 Å². The van der Waals surface area contributed by atoms with Crippen molar-refractivity contribution >= 4 is 0 Å². The van der Waals surface area contributed by atoms with Gasteiger partial charge in [0, 0.05) is 6.54 Å². The van der Waals surface area contributed by atoms with Gasteiger partial charge in [0.2, 0.25) is 0 Å². The Morgan fingerprint density at radius 1 is 1.22 bits per heavy atom. The predicted molar refractivity (Wildman–Crippen MR) is 76.5 cm³/mol. The van der Waals surface area contributed by atoms with Crippen molar-refractivity contribution in [2.45, 2.75) is 47.2 Å². The third kappa shape index (κ3) is 6.22. The summed E-state index contributed by atoms with van der Waals surface area (Å²) in [5.74, 6) is 2.08. The van der Waals surface area contributed by atoms with Crippen LogP contribution in [-0.4, -0.2) is 25.0 Å². The lowest BCUT2D eigenvalue weighted by atomic mass is 9.96. The highest BCUT2D eigenvalue weighted by molar-refractivity contribution is 5.07. The van der Waals surface area contributed by atoms with Crippen LogP contribution in [0.25, 0.3) is 0 Å². The molecule has 0 saturated heterocycles. The molecule has 1 aromatic rings. The van der Waals surface area contributed by atoms with Crippen molar-refractivity contribution in [3.63, 3.8) is 0 Å². The van der Waals surface area contributed by atoms with Gasteiger partial charge >= 0.3 is 0 Å². The summed E-state index contributed by atoms with van der Waals surface area (Å²) in [4.78, 5) is 2.31. The largest absolute Gasteiger partial charge is 0.463 e. The van der Waals surface area contributed by atoms with Crippen LogP contribution in [0.2, 0.25) is 0 Å². The quantitative estimate of drug-likeness (QED) is 0.755. The van der Waals surface area contributed by atoms with Crippen LogP contribution in [0.5, 0.6) is 0 Å². The maximum absolute atomic E-state index is 5.81. The van der Waals surface area contributed by atoms with Gasteiger partial charge in [0.05, 0.1) is 13.1 Å². The number of hydrogen-bond acceptors (Lipinski definition) is 3. The van der Waals surface area contributed by atoms with Crippen molar-refractivity contribution in [2.75, 3.05) is 20.1 Å². The highest BCUT2D eigenvalue weighted by Crippen LogP contribution is 2.16. The van der Waals surface area contributed by atoms with Gasteiger partial charge in [0.1, 0.15) is 11.5 Å². The van der Waals surface area contributed by atoms with Crippen LogP contribution in [-0.2, 0) is 13.1 Å². The topological polar surface area (TPSA) is 28.4 Å². The Morgan fingerprint density at radius 3 is 2.50 bits per heavy atom. The van der Waals surface area contributed by atoms with Crippen LogP contribution in [0.4, 0.5) is 0 Å². The Morgan fingerprint density at radius 2 is 1.89 bits per heavy atom. The summed E-state index contributed by atoms with van der Waals surface area (Å²) in [6, 6.07) is 4.16. The molecule has 3 heteroatoms. The Hall–Kier alpha value is -0.800. The molecule has 3 nitrogen and oxygen atoms in total. The van der Waals surface area contributed by atoms with E-state index in [0.29, 0.717) is 5.41 Å². The zero-order chi connectivity index (χ0) is 13.6. The molecule has 1 heterocycles. The maximum atomic E-state index is 5.81. The van der Waals surface area contributed by atoms with Gasteiger partial charge in [0.15, 0.2) is 0 Å². The van der Waals surface area contributed by atoms with Gasteiger partial charge in [-0.15, -0.1) is 0 Å². The molecule has 0 aromatic carbocycles. The molecule has 18 heavy (non-hydrogen) atoms. The second-order valence-corrected chi connectivity index (χ2v) is 6.28. The fourth-order valence-electron chi connectivity index (χ4n) is 2.12. The van der Waals surface area contributed by atoms with Crippen LogP contribution in [0.15, 0.2) is 16.5 Å². The van der Waals surface area contributed by atoms with Crippen molar-refractivity contribution in [2.24, 2.45) is 5.41 Å². The lowest BCUT2D eigenvalue weighted by Gasteiger charge is -2.25. The van der Waals surface area contributed by atoms with Crippen LogP contribution in [0.1, 0.15) is 45.6 Å². The molecule has 1 N–H and O–H groups in total. The van der Waals surface area contributed by atoms with Crippen LogP contribution < -0.4 is 5.32 Å². The maximum Gasteiger partial charge on any atom is 0.118 e. The monoisotopic (exact) mass is 252 g/mol. The second-order valence-electron chi connectivity index (χ2n) is 6.28. The van der Waals surface area contributed by atoms with E-state index < -0.39 is 0 Å². The van der Waals surface area contributed by atoms with Gasteiger partial charge in [-0.05, 0) is 37.6 Å². The predicted octanol–water partition coefficient (Wildman–Crippen LogP) is 3.26. The van der Waals surface area contributed by atoms with E-state index in [-0.39, 0.29) is 0 Å². The van der Waals surface area contributed by atoms with Gasteiger partial charge < -0.3 is 9.73 Å². The van der Waals surface area contributed by atoms with E-state index in [9.17, 15) is 0 Å². The zero-order valence-corrected chi connectivity index (χ0v) is 12.5. The van der Waals surface area contributed by atoms with Gasteiger partial charge in [-0.1, -0.05) is 27.7 Å². The molecule has 0 saturated carbocycles. The fourth-order valence-corrected chi connectivity index (χ4v) is 2.12. The van der Waals surface area contributed by atoms with Crippen molar-refractivity contribution in [3.05, 3.63) is 23.7 Å². The van der Waals surface area contributed by atoms with Gasteiger partial charge in [-0.2, -0.15) is 0 Å². The van der Waals surface area contributed by atoms with E-state index >= 15 is 0 Å². The first kappa shape index (κ1) is 15.3. The summed E-state index contributed by atoms with van der Waals surface area (Å²) in [5, 5.41) is 3.35. The number of nitrogens with one attached hydrogen (secondary N) is 1. The summed E-state index contributed by atoms with van der Waals surface area (Å²) in [6.45, 7) is 12.8. The number of nitrogens with zero attached hydrogens (tertiary/aromatic N) is 1. The highest BCUT2D eigenvalue weighted by atomic mass is 16.3. The van der Waals surface area contributed by atoms with Crippen LogP contribution in [0.3, 0.4) is 0 Å². The van der Waals surface area contributed by atoms with Crippen molar-refractivity contribution in [1.29, 1.82) is 0 Å². The summed E-state index contributed by atoms with van der Waals surface area (Å²) < 4.78 is 5.81. The Bertz CT molecular complexity index is 339. The van der Waals surface area contributed by atoms with E-state index in [1.54, 1.807) is 0 Å². The van der Waals surface area contributed by atoms with Gasteiger partial charge in [-0.3, -0.25) is 4.90 Å². The minimum Gasteiger partial charge on any atom is -0.463 e. The molecule has 0 bridgehead atoms. The van der Waals surface area contributed by atoms with Gasteiger partial charge in [-0.25, -0.2) is 0 Å². The average molecular weight is 252 g/mol. The first-order chi connectivity index (χ1) is 8.40. The van der Waals surface area contributed by atoms with Gasteiger partial charge in [0.25, 0.3) is 0 Å². The van der Waals surface area contributed by atoms with E-state index in [0.717, 1.165) is 44.1 Å². The summed E-state index contributed by atoms with van der Waals surface area (Å²) in [7, 11) is 2.14. The van der Waals surface area contributed by atoms with E-state index in [1.807, 2.05) is 0 Å². The molecule has 0 aliphatic heterocycles. The molecule has 0 aliphatic rings. The molecular weight excluding hydrogens is 224 g/mol.